The van der Waals surface area contributed by atoms with Gasteiger partial charge in [0.25, 0.3) is 0 Å². The molecule has 1 aliphatic rings. The van der Waals surface area contributed by atoms with E-state index in [0.717, 1.165) is 23.4 Å². The van der Waals surface area contributed by atoms with Gasteiger partial charge in [0.05, 0.1) is 5.75 Å². The van der Waals surface area contributed by atoms with Gasteiger partial charge in [-0.15, -0.1) is 0 Å². The van der Waals surface area contributed by atoms with Crippen molar-refractivity contribution in [1.82, 2.24) is 0 Å². The van der Waals surface area contributed by atoms with Crippen molar-refractivity contribution in [3.63, 3.8) is 0 Å². The maximum Gasteiger partial charge on any atom is 0.224 e. The maximum atomic E-state index is 11.6. The number of aryl methyl sites for hydroxylation is 1. The van der Waals surface area contributed by atoms with Gasteiger partial charge >= 0.3 is 0 Å². The lowest BCUT2D eigenvalue weighted by atomic mass is 10.0. The fourth-order valence-corrected chi connectivity index (χ4v) is 3.38. The van der Waals surface area contributed by atoms with Crippen LogP contribution in [0.5, 0.6) is 0 Å². The fourth-order valence-electron chi connectivity index (χ4n) is 2.30. The van der Waals surface area contributed by atoms with Crippen LogP contribution >= 0.6 is 0 Å². The highest BCUT2D eigenvalue weighted by Crippen LogP contribution is 2.26. The van der Waals surface area contributed by atoms with Crippen LogP contribution in [0.3, 0.4) is 0 Å². The summed E-state index contributed by atoms with van der Waals surface area (Å²) in [6.07, 6.45) is 1.22. The number of amides is 1. The first kappa shape index (κ1) is 14.8. The second-order valence-corrected chi connectivity index (χ2v) is 7.56. The zero-order valence-corrected chi connectivity index (χ0v) is 12.6. The van der Waals surface area contributed by atoms with E-state index < -0.39 is 9.84 Å². The van der Waals surface area contributed by atoms with E-state index >= 15 is 0 Å². The highest BCUT2D eigenvalue weighted by Gasteiger charge is 2.16. The van der Waals surface area contributed by atoms with E-state index in [1.165, 1.54) is 0 Å². The van der Waals surface area contributed by atoms with E-state index in [1.54, 1.807) is 6.92 Å². The summed E-state index contributed by atoms with van der Waals surface area (Å²) in [5, 5.41) is 6.03. The number of anilines is 2. The average Bonchev–Trinajstić information content (AvgIpc) is 2.38. The van der Waals surface area contributed by atoms with Crippen molar-refractivity contribution in [2.24, 2.45) is 0 Å². The number of fused-ring (bicyclic) bond motifs is 1. The Hall–Kier alpha value is -1.56. The second kappa shape index (κ2) is 5.83. The van der Waals surface area contributed by atoms with Gasteiger partial charge in [-0.2, -0.15) is 0 Å². The zero-order chi connectivity index (χ0) is 14.8. The molecule has 1 amide bonds. The van der Waals surface area contributed by atoms with Gasteiger partial charge in [0.2, 0.25) is 5.91 Å². The Labute approximate surface area is 119 Å². The highest BCUT2D eigenvalue weighted by molar-refractivity contribution is 7.91. The predicted octanol–water partition coefficient (Wildman–Crippen LogP) is 1.81. The minimum absolute atomic E-state index is 0.0422. The molecule has 6 heteroatoms. The Morgan fingerprint density at radius 1 is 1.35 bits per heavy atom. The van der Waals surface area contributed by atoms with Crippen molar-refractivity contribution in [3.05, 3.63) is 23.8 Å². The number of hydrogen-bond donors (Lipinski definition) is 2. The first-order chi connectivity index (χ1) is 9.39. The van der Waals surface area contributed by atoms with Crippen molar-refractivity contribution in [2.75, 3.05) is 22.1 Å². The molecule has 0 fully saturated rings. The summed E-state index contributed by atoms with van der Waals surface area (Å²) in [6.45, 7) is 3.51. The van der Waals surface area contributed by atoms with Crippen molar-refractivity contribution < 1.29 is 13.2 Å². The summed E-state index contributed by atoms with van der Waals surface area (Å²) in [7, 11) is -2.98. The first-order valence-corrected chi connectivity index (χ1v) is 8.61. The number of hydrogen-bond acceptors (Lipinski definition) is 4. The van der Waals surface area contributed by atoms with Crippen molar-refractivity contribution >= 4 is 27.1 Å². The van der Waals surface area contributed by atoms with Crippen LogP contribution in [0.4, 0.5) is 11.4 Å². The third-order valence-electron chi connectivity index (χ3n) is 3.36. The molecule has 1 atom stereocenters. The van der Waals surface area contributed by atoms with Crippen LogP contribution in [-0.2, 0) is 21.1 Å². The molecule has 1 aromatic rings. The van der Waals surface area contributed by atoms with E-state index in [9.17, 15) is 13.2 Å². The van der Waals surface area contributed by atoms with Crippen molar-refractivity contribution in [3.8, 4) is 0 Å². The summed E-state index contributed by atoms with van der Waals surface area (Å²) in [6, 6.07) is 5.55. The van der Waals surface area contributed by atoms with E-state index in [2.05, 4.69) is 10.6 Å². The van der Waals surface area contributed by atoms with E-state index in [4.69, 9.17) is 0 Å². The van der Waals surface area contributed by atoms with Gasteiger partial charge in [-0.1, -0.05) is 6.92 Å². The molecule has 0 saturated heterocycles. The van der Waals surface area contributed by atoms with Gasteiger partial charge in [0.15, 0.2) is 9.84 Å². The lowest BCUT2D eigenvalue weighted by Crippen LogP contribution is -2.27. The summed E-state index contributed by atoms with van der Waals surface area (Å²) >= 11 is 0. The minimum Gasteiger partial charge on any atom is -0.382 e. The summed E-state index contributed by atoms with van der Waals surface area (Å²) in [5.41, 5.74) is 2.82. The molecular formula is C14H20N2O3S. The average molecular weight is 296 g/mol. The Balaban J connectivity index is 2.06. The number of nitrogens with one attached hydrogen (secondary N) is 2. The molecule has 0 radical (unpaired) electrons. The van der Waals surface area contributed by atoms with Gasteiger partial charge < -0.3 is 10.6 Å². The first-order valence-electron chi connectivity index (χ1n) is 6.79. The monoisotopic (exact) mass is 296 g/mol. The van der Waals surface area contributed by atoms with Crippen LogP contribution in [0.2, 0.25) is 0 Å². The van der Waals surface area contributed by atoms with Gasteiger partial charge in [-0.05, 0) is 37.1 Å². The molecular weight excluding hydrogens is 276 g/mol. The van der Waals surface area contributed by atoms with Gasteiger partial charge in [0, 0.05) is 29.6 Å². The molecule has 0 aromatic heterocycles. The molecule has 1 aromatic carbocycles. The molecule has 5 nitrogen and oxygen atoms in total. The fraction of sp³-hybridized carbons (Fsp3) is 0.500. The molecule has 20 heavy (non-hydrogen) atoms. The Morgan fingerprint density at radius 2 is 2.10 bits per heavy atom. The van der Waals surface area contributed by atoms with Crippen LogP contribution in [0.15, 0.2) is 18.2 Å². The molecule has 0 spiro atoms. The van der Waals surface area contributed by atoms with E-state index in [-0.39, 0.29) is 23.5 Å². The lowest BCUT2D eigenvalue weighted by Gasteiger charge is -2.20. The van der Waals surface area contributed by atoms with Crippen LogP contribution in [0, 0.1) is 0 Å². The predicted molar refractivity (Wildman–Crippen MR) is 80.8 cm³/mol. The molecule has 2 N–H and O–H groups in total. The van der Waals surface area contributed by atoms with E-state index in [0.29, 0.717) is 6.42 Å². The van der Waals surface area contributed by atoms with Crippen LogP contribution in [0.1, 0.15) is 25.8 Å². The Kier molecular flexibility index (Phi) is 4.32. The number of rotatable bonds is 5. The number of benzene rings is 1. The molecule has 0 bridgehead atoms. The number of carbonyl (C=O) groups is 1. The molecule has 1 unspecified atom stereocenters. The Morgan fingerprint density at radius 3 is 2.80 bits per heavy atom. The molecule has 1 heterocycles. The molecule has 1 aliphatic heterocycles. The zero-order valence-electron chi connectivity index (χ0n) is 11.8. The number of sulfone groups is 1. The molecule has 0 saturated carbocycles. The standard InChI is InChI=1S/C14H20N2O3S/c1-3-20(18,19)9-10(2)15-12-5-6-13-11(8-12)4-7-14(17)16-13/h5-6,8,10,15H,3-4,7,9H2,1-2H3,(H,16,17). The molecule has 110 valence electrons. The van der Waals surface area contributed by atoms with Gasteiger partial charge in [-0.3, -0.25) is 4.79 Å². The SMILES string of the molecule is CCS(=O)(=O)CC(C)Nc1ccc2c(c1)CCC(=O)N2. The highest BCUT2D eigenvalue weighted by atomic mass is 32.2. The Bertz CT molecular complexity index is 611. The van der Waals surface area contributed by atoms with E-state index in [1.807, 2.05) is 25.1 Å². The van der Waals surface area contributed by atoms with Crippen LogP contribution < -0.4 is 10.6 Å². The van der Waals surface area contributed by atoms with Gasteiger partial charge in [-0.25, -0.2) is 8.42 Å². The summed E-state index contributed by atoms with van der Waals surface area (Å²) < 4.78 is 23.2. The topological polar surface area (TPSA) is 75.3 Å². The third-order valence-corrected chi connectivity index (χ3v) is 5.25. The third kappa shape index (κ3) is 3.72. The molecule has 2 rings (SSSR count). The van der Waals surface area contributed by atoms with Crippen molar-refractivity contribution in [2.45, 2.75) is 32.7 Å². The molecule has 0 aliphatic carbocycles. The summed E-state index contributed by atoms with van der Waals surface area (Å²) in [4.78, 5) is 11.3. The quantitative estimate of drug-likeness (QED) is 0.869. The maximum absolute atomic E-state index is 11.6. The lowest BCUT2D eigenvalue weighted by molar-refractivity contribution is -0.116. The summed E-state index contributed by atoms with van der Waals surface area (Å²) in [5.74, 6) is 0.327. The smallest absolute Gasteiger partial charge is 0.224 e. The van der Waals surface area contributed by atoms with Crippen LogP contribution in [0.25, 0.3) is 0 Å². The largest absolute Gasteiger partial charge is 0.382 e. The normalized spacial score (nSPS) is 16.2. The number of carbonyl (C=O) groups excluding carboxylic acids is 1. The van der Waals surface area contributed by atoms with Crippen LogP contribution in [-0.4, -0.2) is 31.9 Å². The van der Waals surface area contributed by atoms with Gasteiger partial charge in [0.1, 0.15) is 0 Å². The second-order valence-electron chi connectivity index (χ2n) is 5.16. The minimum atomic E-state index is -2.98. The van der Waals surface area contributed by atoms with Crippen molar-refractivity contribution in [1.29, 1.82) is 0 Å².